The minimum Gasteiger partial charge on any atom is -0.493 e. The number of methoxy groups -OCH3 is 2. The van der Waals surface area contributed by atoms with E-state index < -0.39 is 0 Å². The van der Waals surface area contributed by atoms with Gasteiger partial charge in [0.1, 0.15) is 0 Å². The molecule has 0 spiro atoms. The highest BCUT2D eigenvalue weighted by Gasteiger charge is 2.15. The molecule has 0 aliphatic carbocycles. The van der Waals surface area contributed by atoms with E-state index in [0.717, 1.165) is 3.57 Å². The van der Waals surface area contributed by atoms with Crippen molar-refractivity contribution < 1.29 is 14.3 Å². The molecule has 1 aromatic carbocycles. The van der Waals surface area contributed by atoms with E-state index in [9.17, 15) is 4.79 Å². The minimum absolute atomic E-state index is 0.103. The highest BCUT2D eigenvalue weighted by atomic mass is 127. The summed E-state index contributed by atoms with van der Waals surface area (Å²) in [4.78, 5) is 11.9. The summed E-state index contributed by atoms with van der Waals surface area (Å²) in [5.74, 6) is 1.07. The fourth-order valence-electron chi connectivity index (χ4n) is 1.37. The quantitative estimate of drug-likeness (QED) is 0.850. The van der Waals surface area contributed by atoms with E-state index in [0.29, 0.717) is 17.1 Å². The number of amides is 1. The standard InChI is InChI=1S/C12H16INO3/c1-7(2)14-12(15)8-5-10(16-3)11(17-4)6-9(8)13/h5-7H,1-4H3,(H,14,15). The molecule has 0 aliphatic heterocycles. The van der Waals surface area contributed by atoms with Gasteiger partial charge in [0, 0.05) is 9.61 Å². The molecule has 0 aromatic heterocycles. The molecule has 0 heterocycles. The van der Waals surface area contributed by atoms with Gasteiger partial charge in [-0.25, -0.2) is 0 Å². The summed E-state index contributed by atoms with van der Waals surface area (Å²) in [5.41, 5.74) is 0.594. The molecule has 1 amide bonds. The van der Waals surface area contributed by atoms with Gasteiger partial charge in [0.2, 0.25) is 0 Å². The number of hydrogen-bond acceptors (Lipinski definition) is 3. The van der Waals surface area contributed by atoms with Crippen LogP contribution in [0.25, 0.3) is 0 Å². The van der Waals surface area contributed by atoms with Crippen LogP contribution in [-0.2, 0) is 0 Å². The zero-order valence-corrected chi connectivity index (χ0v) is 12.5. The molecule has 17 heavy (non-hydrogen) atoms. The van der Waals surface area contributed by atoms with Crippen molar-refractivity contribution in [2.45, 2.75) is 19.9 Å². The van der Waals surface area contributed by atoms with Crippen molar-refractivity contribution >= 4 is 28.5 Å². The molecule has 5 heteroatoms. The van der Waals surface area contributed by atoms with Crippen molar-refractivity contribution in [3.8, 4) is 11.5 Å². The Hall–Kier alpha value is -0.980. The molecule has 0 saturated carbocycles. The molecule has 0 aliphatic rings. The van der Waals surface area contributed by atoms with Gasteiger partial charge in [-0.15, -0.1) is 0 Å². The summed E-state index contributed by atoms with van der Waals surface area (Å²) in [6.07, 6.45) is 0. The zero-order valence-electron chi connectivity index (χ0n) is 10.3. The number of carbonyl (C=O) groups excluding carboxylic acids is 1. The third kappa shape index (κ3) is 3.49. The molecule has 0 unspecified atom stereocenters. The van der Waals surface area contributed by atoms with Crippen LogP contribution in [0.4, 0.5) is 0 Å². The van der Waals surface area contributed by atoms with Gasteiger partial charge in [-0.05, 0) is 48.6 Å². The second-order valence-electron chi connectivity index (χ2n) is 3.82. The van der Waals surface area contributed by atoms with E-state index in [-0.39, 0.29) is 11.9 Å². The number of rotatable bonds is 4. The molecule has 4 nitrogen and oxygen atoms in total. The lowest BCUT2D eigenvalue weighted by atomic mass is 10.2. The van der Waals surface area contributed by atoms with Crippen LogP contribution >= 0.6 is 22.6 Å². The highest BCUT2D eigenvalue weighted by molar-refractivity contribution is 14.1. The molecule has 1 aromatic rings. The number of halogens is 1. The Labute approximate surface area is 115 Å². The molecule has 0 fully saturated rings. The van der Waals surface area contributed by atoms with Crippen LogP contribution in [0.2, 0.25) is 0 Å². The highest BCUT2D eigenvalue weighted by Crippen LogP contribution is 2.31. The Morgan fingerprint density at radius 2 is 1.76 bits per heavy atom. The second kappa shape index (κ2) is 6.09. The summed E-state index contributed by atoms with van der Waals surface area (Å²) in [6, 6.07) is 3.58. The van der Waals surface area contributed by atoms with Crippen molar-refractivity contribution in [3.63, 3.8) is 0 Å². The van der Waals surface area contributed by atoms with Gasteiger partial charge >= 0.3 is 0 Å². The fourth-order valence-corrected chi connectivity index (χ4v) is 2.05. The molecule has 0 saturated heterocycles. The minimum atomic E-state index is -0.106. The van der Waals surface area contributed by atoms with Gasteiger partial charge in [-0.2, -0.15) is 0 Å². The van der Waals surface area contributed by atoms with E-state index in [1.54, 1.807) is 26.4 Å². The Morgan fingerprint density at radius 1 is 1.24 bits per heavy atom. The molecule has 1 N–H and O–H groups in total. The molecule has 1 rings (SSSR count). The molecule has 0 atom stereocenters. The van der Waals surface area contributed by atoms with Crippen LogP contribution in [0, 0.1) is 3.57 Å². The first-order valence-corrected chi connectivity index (χ1v) is 6.29. The summed E-state index contributed by atoms with van der Waals surface area (Å²) in [5, 5.41) is 2.85. The predicted molar refractivity (Wildman–Crippen MR) is 74.9 cm³/mol. The lowest BCUT2D eigenvalue weighted by molar-refractivity contribution is 0.0942. The number of ether oxygens (including phenoxy) is 2. The van der Waals surface area contributed by atoms with Gasteiger partial charge in [-0.3, -0.25) is 4.79 Å². The van der Waals surface area contributed by atoms with Crippen molar-refractivity contribution in [2.24, 2.45) is 0 Å². The van der Waals surface area contributed by atoms with E-state index in [2.05, 4.69) is 27.9 Å². The Morgan fingerprint density at radius 3 is 2.24 bits per heavy atom. The lowest BCUT2D eigenvalue weighted by Gasteiger charge is -2.13. The Bertz CT molecular complexity index is 418. The average molecular weight is 349 g/mol. The van der Waals surface area contributed by atoms with Crippen LogP contribution in [0.15, 0.2) is 12.1 Å². The summed E-state index contributed by atoms with van der Waals surface area (Å²) in [6.45, 7) is 3.84. The smallest absolute Gasteiger partial charge is 0.252 e. The normalized spacial score (nSPS) is 10.2. The SMILES string of the molecule is COc1cc(I)c(C(=O)NC(C)C)cc1OC. The summed E-state index contributed by atoms with van der Waals surface area (Å²) >= 11 is 2.11. The number of carbonyl (C=O) groups is 1. The third-order valence-electron chi connectivity index (χ3n) is 2.14. The lowest BCUT2D eigenvalue weighted by Crippen LogP contribution is -2.30. The maximum Gasteiger partial charge on any atom is 0.252 e. The van der Waals surface area contributed by atoms with Crippen LogP contribution in [-0.4, -0.2) is 26.2 Å². The monoisotopic (exact) mass is 349 g/mol. The van der Waals surface area contributed by atoms with Crippen LogP contribution in [0.3, 0.4) is 0 Å². The van der Waals surface area contributed by atoms with E-state index in [4.69, 9.17) is 9.47 Å². The van der Waals surface area contributed by atoms with Crippen LogP contribution in [0.1, 0.15) is 24.2 Å². The second-order valence-corrected chi connectivity index (χ2v) is 4.98. The van der Waals surface area contributed by atoms with Gasteiger partial charge < -0.3 is 14.8 Å². The maximum atomic E-state index is 11.9. The Balaban J connectivity index is 3.12. The summed E-state index contributed by atoms with van der Waals surface area (Å²) in [7, 11) is 3.12. The summed E-state index contributed by atoms with van der Waals surface area (Å²) < 4.78 is 11.2. The number of benzene rings is 1. The van der Waals surface area contributed by atoms with E-state index in [1.165, 1.54) is 0 Å². The first-order valence-electron chi connectivity index (χ1n) is 5.22. The molecule has 94 valence electrons. The number of nitrogens with one attached hydrogen (secondary N) is 1. The molecular weight excluding hydrogens is 333 g/mol. The zero-order chi connectivity index (χ0) is 13.0. The third-order valence-corrected chi connectivity index (χ3v) is 3.03. The van der Waals surface area contributed by atoms with Crippen molar-refractivity contribution in [3.05, 3.63) is 21.3 Å². The Kier molecular flexibility index (Phi) is 5.04. The molecular formula is C12H16INO3. The first-order chi connectivity index (χ1) is 7.99. The van der Waals surface area contributed by atoms with Crippen molar-refractivity contribution in [2.75, 3.05) is 14.2 Å². The largest absolute Gasteiger partial charge is 0.493 e. The van der Waals surface area contributed by atoms with Crippen LogP contribution < -0.4 is 14.8 Å². The van der Waals surface area contributed by atoms with Crippen molar-refractivity contribution in [1.29, 1.82) is 0 Å². The van der Waals surface area contributed by atoms with Crippen molar-refractivity contribution in [1.82, 2.24) is 5.32 Å². The average Bonchev–Trinajstić information content (AvgIpc) is 2.27. The topological polar surface area (TPSA) is 47.6 Å². The van der Waals surface area contributed by atoms with Gasteiger partial charge in [0.25, 0.3) is 5.91 Å². The predicted octanol–water partition coefficient (Wildman–Crippen LogP) is 2.45. The first kappa shape index (κ1) is 14.1. The van der Waals surface area contributed by atoms with E-state index >= 15 is 0 Å². The maximum absolute atomic E-state index is 11.9. The fraction of sp³-hybridized carbons (Fsp3) is 0.417. The van der Waals surface area contributed by atoms with Gasteiger partial charge in [0.15, 0.2) is 11.5 Å². The van der Waals surface area contributed by atoms with Crippen LogP contribution in [0.5, 0.6) is 11.5 Å². The number of hydrogen-bond donors (Lipinski definition) is 1. The van der Waals surface area contributed by atoms with Gasteiger partial charge in [0.05, 0.1) is 19.8 Å². The molecule has 0 radical (unpaired) electrons. The van der Waals surface area contributed by atoms with E-state index in [1.807, 2.05) is 13.8 Å². The molecule has 0 bridgehead atoms. The van der Waals surface area contributed by atoms with Gasteiger partial charge in [-0.1, -0.05) is 0 Å².